The van der Waals surface area contributed by atoms with Gasteiger partial charge in [0, 0.05) is 18.8 Å². The normalized spacial score (nSPS) is 42.5. The molecule has 0 aliphatic heterocycles. The highest BCUT2D eigenvalue weighted by Crippen LogP contribution is 2.60. The highest BCUT2D eigenvalue weighted by Gasteiger charge is 2.53. The van der Waals surface area contributed by atoms with E-state index in [2.05, 4.69) is 13.0 Å². The van der Waals surface area contributed by atoms with Crippen molar-refractivity contribution in [1.82, 2.24) is 0 Å². The van der Waals surface area contributed by atoms with E-state index in [9.17, 15) is 15.2 Å². The summed E-state index contributed by atoms with van der Waals surface area (Å²) in [5.74, 6) is 1.45. The molecule has 0 aromatic heterocycles. The molecule has 0 bridgehead atoms. The largest absolute Gasteiger partial charge is 0.393 e. The van der Waals surface area contributed by atoms with E-state index in [1.807, 2.05) is 6.08 Å². The predicted octanol–water partition coefficient (Wildman–Crippen LogP) is 3.69. The summed E-state index contributed by atoms with van der Waals surface area (Å²) < 4.78 is 0. The number of aliphatic hydroxyl groups excluding tert-OH is 1. The second kappa shape index (κ2) is 5.31. The van der Waals surface area contributed by atoms with Crippen molar-refractivity contribution < 1.29 is 9.90 Å². The van der Waals surface area contributed by atoms with Crippen LogP contribution in [0.4, 0.5) is 0 Å². The Hall–Kier alpha value is -1.40. The zero-order valence-electron chi connectivity index (χ0n) is 13.8. The number of nitriles is 1. The van der Waals surface area contributed by atoms with Gasteiger partial charge in [0.25, 0.3) is 0 Å². The minimum Gasteiger partial charge on any atom is -0.393 e. The molecule has 0 amide bonds. The third-order valence-corrected chi connectivity index (χ3v) is 7.17. The lowest BCUT2D eigenvalue weighted by molar-refractivity contribution is -0.115. The van der Waals surface area contributed by atoms with E-state index in [1.165, 1.54) is 16.7 Å². The molecule has 0 aromatic rings. The van der Waals surface area contributed by atoms with Crippen LogP contribution in [0.5, 0.6) is 0 Å². The third-order valence-electron chi connectivity index (χ3n) is 7.17. The van der Waals surface area contributed by atoms with Gasteiger partial charge >= 0.3 is 0 Å². The number of ketones is 1. The molecule has 4 aliphatic rings. The molecule has 3 nitrogen and oxygen atoms in total. The topological polar surface area (TPSA) is 61.1 Å². The molecule has 2 fully saturated rings. The molecule has 23 heavy (non-hydrogen) atoms. The van der Waals surface area contributed by atoms with Crippen LogP contribution in [-0.2, 0) is 4.79 Å². The standard InChI is InChI=1S/C20H25NO2/c1-20-8-6-16-15(17(20)4-5-18(20)23)3-2-12-10-14(22)11-13(7-9-21)19(12)16/h10,13,15,17-18,23H,2-8,11H2,1H3/t13?,15-,17+,18+,20+/m1/s1. The Morgan fingerprint density at radius 2 is 2.17 bits per heavy atom. The van der Waals surface area contributed by atoms with Gasteiger partial charge in [-0.15, -0.1) is 0 Å². The molecular weight excluding hydrogens is 286 g/mol. The van der Waals surface area contributed by atoms with Crippen LogP contribution < -0.4 is 0 Å². The van der Waals surface area contributed by atoms with E-state index in [0.717, 1.165) is 38.5 Å². The number of rotatable bonds is 1. The number of nitrogens with zero attached hydrogens (tertiary/aromatic N) is 1. The van der Waals surface area contributed by atoms with Crippen LogP contribution in [0.1, 0.15) is 58.3 Å². The first-order chi connectivity index (χ1) is 11.0. The predicted molar refractivity (Wildman–Crippen MR) is 87.2 cm³/mol. The van der Waals surface area contributed by atoms with Gasteiger partial charge in [-0.2, -0.15) is 5.26 Å². The smallest absolute Gasteiger partial charge is 0.156 e. The Kier molecular flexibility index (Phi) is 3.50. The lowest BCUT2D eigenvalue weighted by Crippen LogP contribution is -2.42. The lowest BCUT2D eigenvalue weighted by Gasteiger charge is -2.49. The Morgan fingerprint density at radius 1 is 1.35 bits per heavy atom. The molecule has 2 saturated carbocycles. The summed E-state index contributed by atoms with van der Waals surface area (Å²) in [6.45, 7) is 2.28. The van der Waals surface area contributed by atoms with Gasteiger partial charge in [-0.3, -0.25) is 4.79 Å². The van der Waals surface area contributed by atoms with Crippen LogP contribution in [0.2, 0.25) is 0 Å². The molecular formula is C20H25NO2. The molecule has 0 spiro atoms. The molecule has 3 heteroatoms. The highest BCUT2D eigenvalue weighted by molar-refractivity contribution is 5.93. The summed E-state index contributed by atoms with van der Waals surface area (Å²) in [6.07, 6.45) is 8.90. The summed E-state index contributed by atoms with van der Waals surface area (Å²) in [7, 11) is 0. The van der Waals surface area contributed by atoms with Crippen LogP contribution >= 0.6 is 0 Å². The maximum Gasteiger partial charge on any atom is 0.156 e. The number of fused-ring (bicyclic) bond motifs is 4. The van der Waals surface area contributed by atoms with Crippen LogP contribution in [0.15, 0.2) is 22.8 Å². The van der Waals surface area contributed by atoms with Crippen LogP contribution in [0, 0.1) is 34.5 Å². The summed E-state index contributed by atoms with van der Waals surface area (Å²) in [4.78, 5) is 12.0. The average molecular weight is 311 g/mol. The molecule has 5 atom stereocenters. The molecule has 0 aromatic carbocycles. The van der Waals surface area contributed by atoms with E-state index in [1.54, 1.807) is 0 Å². The van der Waals surface area contributed by atoms with Crippen molar-refractivity contribution in [3.8, 4) is 6.07 Å². The van der Waals surface area contributed by atoms with E-state index in [0.29, 0.717) is 24.7 Å². The van der Waals surface area contributed by atoms with Gasteiger partial charge in [0.2, 0.25) is 0 Å². The van der Waals surface area contributed by atoms with Crippen molar-refractivity contribution in [1.29, 1.82) is 5.26 Å². The quantitative estimate of drug-likeness (QED) is 0.803. The first-order valence-electron chi connectivity index (χ1n) is 9.06. The number of allylic oxidation sites excluding steroid dienone is 4. The monoisotopic (exact) mass is 311 g/mol. The van der Waals surface area contributed by atoms with Crippen molar-refractivity contribution in [2.75, 3.05) is 0 Å². The molecule has 1 N–H and O–H groups in total. The van der Waals surface area contributed by atoms with Crippen molar-refractivity contribution in [2.24, 2.45) is 23.2 Å². The molecule has 0 saturated heterocycles. The second-order valence-corrected chi connectivity index (χ2v) is 8.19. The van der Waals surface area contributed by atoms with Crippen LogP contribution in [0.3, 0.4) is 0 Å². The molecule has 122 valence electrons. The summed E-state index contributed by atoms with van der Waals surface area (Å²) in [6, 6.07) is 2.29. The molecule has 0 radical (unpaired) electrons. The zero-order valence-corrected chi connectivity index (χ0v) is 13.8. The van der Waals surface area contributed by atoms with E-state index < -0.39 is 0 Å². The van der Waals surface area contributed by atoms with Gasteiger partial charge in [-0.25, -0.2) is 0 Å². The fourth-order valence-corrected chi connectivity index (χ4v) is 6.01. The van der Waals surface area contributed by atoms with Crippen molar-refractivity contribution in [3.63, 3.8) is 0 Å². The summed E-state index contributed by atoms with van der Waals surface area (Å²) in [5.41, 5.74) is 4.19. The Morgan fingerprint density at radius 3 is 2.96 bits per heavy atom. The number of carbonyl (C=O) groups is 1. The lowest BCUT2D eigenvalue weighted by atomic mass is 9.56. The Labute approximate surface area is 138 Å². The van der Waals surface area contributed by atoms with Gasteiger partial charge in [0.05, 0.1) is 12.2 Å². The number of aliphatic hydroxyl groups is 1. The minimum atomic E-state index is -0.154. The SMILES string of the molecule is C[C@]12CCC3=C4C(=CC(=O)CC4CC#N)CC[C@H]3[C@@H]1CC[C@@H]2O. The average Bonchev–Trinajstić information content (AvgIpc) is 2.82. The fourth-order valence-electron chi connectivity index (χ4n) is 6.01. The molecule has 1 unspecified atom stereocenters. The Balaban J connectivity index is 1.77. The highest BCUT2D eigenvalue weighted by atomic mass is 16.3. The number of hydrogen-bond acceptors (Lipinski definition) is 3. The van der Waals surface area contributed by atoms with E-state index >= 15 is 0 Å². The first-order valence-corrected chi connectivity index (χ1v) is 9.06. The van der Waals surface area contributed by atoms with Crippen molar-refractivity contribution in [3.05, 3.63) is 22.8 Å². The molecule has 0 heterocycles. The van der Waals surface area contributed by atoms with E-state index in [4.69, 9.17) is 0 Å². The van der Waals surface area contributed by atoms with Crippen molar-refractivity contribution >= 4 is 5.78 Å². The maximum atomic E-state index is 12.0. The number of carbonyl (C=O) groups excluding carboxylic acids is 1. The third kappa shape index (κ3) is 2.15. The van der Waals surface area contributed by atoms with Gasteiger partial charge < -0.3 is 5.11 Å². The molecule has 4 rings (SSSR count). The minimum absolute atomic E-state index is 0.0746. The van der Waals surface area contributed by atoms with Gasteiger partial charge in [0.15, 0.2) is 5.78 Å². The van der Waals surface area contributed by atoms with Crippen LogP contribution in [-0.4, -0.2) is 17.0 Å². The van der Waals surface area contributed by atoms with Crippen molar-refractivity contribution in [2.45, 2.75) is 64.4 Å². The first kappa shape index (κ1) is 15.1. The maximum absolute atomic E-state index is 12.0. The molecule has 4 aliphatic carbocycles. The summed E-state index contributed by atoms with van der Waals surface area (Å²) in [5, 5.41) is 19.6. The second-order valence-electron chi connectivity index (χ2n) is 8.19. The van der Waals surface area contributed by atoms with Crippen LogP contribution in [0.25, 0.3) is 0 Å². The summed E-state index contributed by atoms with van der Waals surface area (Å²) >= 11 is 0. The Bertz CT molecular complexity index is 653. The van der Waals surface area contributed by atoms with E-state index in [-0.39, 0.29) is 23.2 Å². The van der Waals surface area contributed by atoms with Gasteiger partial charge in [-0.1, -0.05) is 12.5 Å². The van der Waals surface area contributed by atoms with Gasteiger partial charge in [0.1, 0.15) is 0 Å². The number of hydrogen-bond donors (Lipinski definition) is 1. The van der Waals surface area contributed by atoms with Gasteiger partial charge in [-0.05, 0) is 73.0 Å². The fraction of sp³-hybridized carbons (Fsp3) is 0.700. The zero-order chi connectivity index (χ0) is 16.2.